The molecule has 0 aliphatic heterocycles. The van der Waals surface area contributed by atoms with Crippen molar-refractivity contribution in [3.63, 3.8) is 0 Å². The average molecular weight is 204 g/mol. The predicted molar refractivity (Wildman–Crippen MR) is 53.3 cm³/mol. The molecule has 2 heterocycles. The summed E-state index contributed by atoms with van der Waals surface area (Å²) >= 11 is 0. The van der Waals surface area contributed by atoms with Crippen LogP contribution in [0, 0.1) is 0 Å². The van der Waals surface area contributed by atoms with Crippen molar-refractivity contribution in [1.29, 1.82) is 0 Å². The molecule has 0 atom stereocenters. The van der Waals surface area contributed by atoms with E-state index >= 15 is 0 Å². The van der Waals surface area contributed by atoms with Crippen LogP contribution in [0.2, 0.25) is 0 Å². The molecule has 2 aromatic rings. The van der Waals surface area contributed by atoms with E-state index in [0.29, 0.717) is 11.6 Å². The van der Waals surface area contributed by atoms with Crippen molar-refractivity contribution in [2.45, 2.75) is 31.8 Å². The van der Waals surface area contributed by atoms with Gasteiger partial charge in [0.15, 0.2) is 5.82 Å². The Morgan fingerprint density at radius 2 is 2.33 bits per heavy atom. The molecule has 5 nitrogen and oxygen atoms in total. The molecule has 15 heavy (non-hydrogen) atoms. The van der Waals surface area contributed by atoms with Gasteiger partial charge in [0, 0.05) is 12.4 Å². The van der Waals surface area contributed by atoms with Crippen molar-refractivity contribution >= 4 is 5.78 Å². The van der Waals surface area contributed by atoms with Crippen LogP contribution in [0.3, 0.4) is 0 Å². The van der Waals surface area contributed by atoms with E-state index in [-0.39, 0.29) is 0 Å². The highest BCUT2D eigenvalue weighted by Crippen LogP contribution is 2.43. The highest BCUT2D eigenvalue weighted by atomic mass is 16.3. The lowest BCUT2D eigenvalue weighted by molar-refractivity contribution is 0.141. The van der Waals surface area contributed by atoms with E-state index in [9.17, 15) is 5.11 Å². The van der Waals surface area contributed by atoms with Gasteiger partial charge >= 0.3 is 0 Å². The molecule has 0 amide bonds. The number of nitrogens with zero attached hydrogens (tertiary/aromatic N) is 4. The number of rotatable bonds is 2. The molecular weight excluding hydrogens is 192 g/mol. The maximum Gasteiger partial charge on any atom is 0.252 e. The van der Waals surface area contributed by atoms with Gasteiger partial charge in [-0.05, 0) is 24.8 Å². The van der Waals surface area contributed by atoms with E-state index < -0.39 is 5.60 Å². The van der Waals surface area contributed by atoms with Crippen LogP contribution in [0.25, 0.3) is 5.78 Å². The first kappa shape index (κ1) is 8.79. The first-order chi connectivity index (χ1) is 7.21. The molecule has 3 rings (SSSR count). The third-order valence-corrected chi connectivity index (χ3v) is 2.80. The molecule has 0 spiro atoms. The quantitative estimate of drug-likeness (QED) is 0.780. The zero-order chi connectivity index (χ0) is 10.5. The minimum atomic E-state index is -0.778. The number of aliphatic hydroxyl groups is 1. The lowest BCUT2D eigenvalue weighted by atomic mass is 10.3. The third-order valence-electron chi connectivity index (χ3n) is 2.80. The fourth-order valence-electron chi connectivity index (χ4n) is 1.54. The SMILES string of the molecule is CCc1cnc2nc(C3(O)CC3)nn2c1. The molecule has 2 aromatic heterocycles. The molecule has 1 N–H and O–H groups in total. The van der Waals surface area contributed by atoms with E-state index in [1.807, 2.05) is 6.20 Å². The lowest BCUT2D eigenvalue weighted by Crippen LogP contribution is -2.06. The Balaban J connectivity index is 2.13. The number of hydrogen-bond donors (Lipinski definition) is 1. The number of hydrogen-bond acceptors (Lipinski definition) is 4. The molecule has 1 saturated carbocycles. The van der Waals surface area contributed by atoms with Gasteiger partial charge in [0.1, 0.15) is 5.60 Å². The van der Waals surface area contributed by atoms with E-state index in [0.717, 1.165) is 24.8 Å². The normalized spacial score (nSPS) is 18.3. The van der Waals surface area contributed by atoms with Crippen LogP contribution in [0.1, 0.15) is 31.2 Å². The molecule has 78 valence electrons. The topological polar surface area (TPSA) is 63.3 Å². The summed E-state index contributed by atoms with van der Waals surface area (Å²) in [6.07, 6.45) is 6.13. The second kappa shape index (κ2) is 2.76. The summed E-state index contributed by atoms with van der Waals surface area (Å²) in [5, 5.41) is 14.1. The van der Waals surface area contributed by atoms with Crippen LogP contribution < -0.4 is 0 Å². The second-order valence-corrected chi connectivity index (χ2v) is 4.03. The van der Waals surface area contributed by atoms with Crippen molar-refractivity contribution in [3.05, 3.63) is 23.8 Å². The number of aromatic nitrogens is 4. The molecule has 0 radical (unpaired) electrons. The molecule has 1 aliphatic carbocycles. The van der Waals surface area contributed by atoms with Gasteiger partial charge in [-0.2, -0.15) is 4.98 Å². The average Bonchev–Trinajstić information content (AvgIpc) is 2.85. The summed E-state index contributed by atoms with van der Waals surface area (Å²) < 4.78 is 1.64. The Morgan fingerprint density at radius 3 is 3.00 bits per heavy atom. The Kier molecular flexibility index (Phi) is 1.62. The van der Waals surface area contributed by atoms with Crippen LogP contribution in [0.5, 0.6) is 0 Å². The summed E-state index contributed by atoms with van der Waals surface area (Å²) in [6.45, 7) is 2.06. The van der Waals surface area contributed by atoms with Crippen molar-refractivity contribution < 1.29 is 5.11 Å². The molecular formula is C10H12N4O. The summed E-state index contributed by atoms with van der Waals surface area (Å²) in [4.78, 5) is 8.40. The van der Waals surface area contributed by atoms with Gasteiger partial charge in [0.05, 0.1) is 0 Å². The van der Waals surface area contributed by atoms with Crippen molar-refractivity contribution in [3.8, 4) is 0 Å². The first-order valence-electron chi connectivity index (χ1n) is 5.15. The molecule has 1 fully saturated rings. The van der Waals surface area contributed by atoms with Gasteiger partial charge in [-0.15, -0.1) is 5.10 Å². The maximum atomic E-state index is 9.86. The van der Waals surface area contributed by atoms with Gasteiger partial charge in [-0.1, -0.05) is 6.92 Å². The minimum Gasteiger partial charge on any atom is -0.382 e. The molecule has 0 bridgehead atoms. The lowest BCUT2D eigenvalue weighted by Gasteiger charge is -1.97. The summed E-state index contributed by atoms with van der Waals surface area (Å²) in [5.41, 5.74) is 0.335. The van der Waals surface area contributed by atoms with Crippen LogP contribution in [-0.2, 0) is 12.0 Å². The fourth-order valence-corrected chi connectivity index (χ4v) is 1.54. The van der Waals surface area contributed by atoms with Gasteiger partial charge in [0.2, 0.25) is 0 Å². The van der Waals surface area contributed by atoms with E-state index in [1.165, 1.54) is 0 Å². The molecule has 1 aliphatic rings. The van der Waals surface area contributed by atoms with Crippen LogP contribution in [0.15, 0.2) is 12.4 Å². The largest absolute Gasteiger partial charge is 0.382 e. The van der Waals surface area contributed by atoms with Crippen molar-refractivity contribution in [2.24, 2.45) is 0 Å². The molecule has 0 unspecified atom stereocenters. The highest BCUT2D eigenvalue weighted by Gasteiger charge is 2.46. The van der Waals surface area contributed by atoms with Gasteiger partial charge in [0.25, 0.3) is 5.78 Å². The minimum absolute atomic E-state index is 0.503. The third kappa shape index (κ3) is 1.31. The first-order valence-corrected chi connectivity index (χ1v) is 5.15. The monoisotopic (exact) mass is 204 g/mol. The van der Waals surface area contributed by atoms with Crippen molar-refractivity contribution in [1.82, 2.24) is 19.6 Å². The van der Waals surface area contributed by atoms with Crippen molar-refractivity contribution in [2.75, 3.05) is 0 Å². The zero-order valence-electron chi connectivity index (χ0n) is 8.51. The summed E-state index contributed by atoms with van der Waals surface area (Å²) in [5.74, 6) is 1.06. The van der Waals surface area contributed by atoms with E-state index in [4.69, 9.17) is 0 Å². The Bertz CT molecular complexity index is 515. The van der Waals surface area contributed by atoms with E-state index in [2.05, 4.69) is 22.0 Å². The summed E-state index contributed by atoms with van der Waals surface area (Å²) in [7, 11) is 0. The standard InChI is InChI=1S/C10H12N4O/c1-2-7-5-11-9-12-8(10(15)3-4-10)13-14(9)6-7/h5-6,15H,2-4H2,1H3. The van der Waals surface area contributed by atoms with Gasteiger partial charge in [-0.3, -0.25) is 0 Å². The van der Waals surface area contributed by atoms with E-state index in [1.54, 1.807) is 10.7 Å². The molecule has 0 aromatic carbocycles. The number of aryl methyl sites for hydroxylation is 1. The predicted octanol–water partition coefficient (Wildman–Crippen LogP) is 0.668. The Labute approximate surface area is 86.8 Å². The van der Waals surface area contributed by atoms with Crippen LogP contribution >= 0.6 is 0 Å². The molecule has 5 heteroatoms. The number of fused-ring (bicyclic) bond motifs is 1. The van der Waals surface area contributed by atoms with Crippen LogP contribution in [-0.4, -0.2) is 24.7 Å². The Morgan fingerprint density at radius 1 is 1.53 bits per heavy atom. The summed E-state index contributed by atoms with van der Waals surface area (Å²) in [6, 6.07) is 0. The van der Waals surface area contributed by atoms with Crippen LogP contribution in [0.4, 0.5) is 0 Å². The van der Waals surface area contributed by atoms with Gasteiger partial charge in [-0.25, -0.2) is 9.50 Å². The maximum absolute atomic E-state index is 9.86. The fraction of sp³-hybridized carbons (Fsp3) is 0.500. The highest BCUT2D eigenvalue weighted by molar-refractivity contribution is 5.30. The van der Waals surface area contributed by atoms with Gasteiger partial charge < -0.3 is 5.11 Å². The second-order valence-electron chi connectivity index (χ2n) is 4.03. The zero-order valence-corrected chi connectivity index (χ0v) is 8.51. The molecule has 0 saturated heterocycles. The Hall–Kier alpha value is -1.49. The smallest absolute Gasteiger partial charge is 0.252 e.